The normalized spacial score (nSPS) is 37.0. The maximum Gasteiger partial charge on any atom is 0.275 e. The number of rotatable bonds is 2. The van der Waals surface area contributed by atoms with E-state index in [1.807, 2.05) is 31.0 Å². The number of carbonyl (C=O) groups excluding carboxylic acids is 2. The van der Waals surface area contributed by atoms with E-state index in [1.54, 1.807) is 17.1 Å². The van der Waals surface area contributed by atoms with Crippen LogP contribution in [0.1, 0.15) is 56.3 Å². The molecular formula is C21H27N3O2. The zero-order valence-corrected chi connectivity index (χ0v) is 15.5. The molecular weight excluding hydrogens is 326 g/mol. The first-order chi connectivity index (χ1) is 12.4. The molecule has 5 aliphatic rings. The number of anilines is 1. The lowest BCUT2D eigenvalue weighted by atomic mass is 9.53. The predicted octanol–water partition coefficient (Wildman–Crippen LogP) is 3.07. The summed E-state index contributed by atoms with van der Waals surface area (Å²) in [7, 11) is 0. The summed E-state index contributed by atoms with van der Waals surface area (Å²) in [6, 6.07) is 7.34. The van der Waals surface area contributed by atoms with Crippen LogP contribution in [-0.4, -0.2) is 33.4 Å². The number of para-hydroxylation sites is 1. The Morgan fingerprint density at radius 3 is 2.19 bits per heavy atom. The highest BCUT2D eigenvalue weighted by Gasteiger charge is 2.62. The third-order valence-electron chi connectivity index (χ3n) is 7.32. The Kier molecular flexibility index (Phi) is 3.26. The van der Waals surface area contributed by atoms with Crippen molar-refractivity contribution in [1.29, 1.82) is 0 Å². The van der Waals surface area contributed by atoms with E-state index in [4.69, 9.17) is 5.73 Å². The molecule has 1 aromatic carbocycles. The molecule has 0 radical (unpaired) electrons. The second kappa shape index (κ2) is 5.24. The SMILES string of the molecule is CC1(C)C(=O)N(C2C3CC4CC(C3)CC2C4)N1C(=O)c1ccccc1N. The van der Waals surface area contributed by atoms with Crippen LogP contribution in [0.25, 0.3) is 0 Å². The quantitative estimate of drug-likeness (QED) is 0.831. The van der Waals surface area contributed by atoms with Crippen molar-refractivity contribution in [2.24, 2.45) is 23.7 Å². The average Bonchev–Trinajstić information content (AvgIpc) is 2.59. The Morgan fingerprint density at radius 1 is 1.04 bits per heavy atom. The van der Waals surface area contributed by atoms with Gasteiger partial charge < -0.3 is 5.73 Å². The van der Waals surface area contributed by atoms with Crippen molar-refractivity contribution in [2.75, 3.05) is 5.73 Å². The van der Waals surface area contributed by atoms with Gasteiger partial charge in [-0.1, -0.05) is 12.1 Å². The number of nitrogens with zero attached hydrogens (tertiary/aromatic N) is 2. The van der Waals surface area contributed by atoms with Gasteiger partial charge in [-0.05, 0) is 81.8 Å². The lowest BCUT2D eigenvalue weighted by molar-refractivity contribution is -0.230. The fourth-order valence-corrected chi connectivity index (χ4v) is 6.41. The molecule has 26 heavy (non-hydrogen) atoms. The minimum absolute atomic E-state index is 0.0813. The fraction of sp³-hybridized carbons (Fsp3) is 0.619. The van der Waals surface area contributed by atoms with Crippen LogP contribution in [0.15, 0.2) is 24.3 Å². The number of hydrogen-bond donors (Lipinski definition) is 1. The summed E-state index contributed by atoms with van der Waals surface area (Å²) in [6.45, 7) is 3.69. The van der Waals surface area contributed by atoms with E-state index in [0.29, 0.717) is 23.1 Å². The van der Waals surface area contributed by atoms with Gasteiger partial charge in [-0.2, -0.15) is 0 Å². The monoisotopic (exact) mass is 353 g/mol. The van der Waals surface area contributed by atoms with Crippen LogP contribution in [0.5, 0.6) is 0 Å². The van der Waals surface area contributed by atoms with Crippen molar-refractivity contribution < 1.29 is 9.59 Å². The second-order valence-electron chi connectivity index (χ2n) is 9.33. The number of amides is 2. The molecule has 1 aromatic rings. The number of hydrogen-bond acceptors (Lipinski definition) is 3. The molecule has 138 valence electrons. The molecule has 4 saturated carbocycles. The van der Waals surface area contributed by atoms with Crippen molar-refractivity contribution in [3.8, 4) is 0 Å². The maximum absolute atomic E-state index is 13.3. The van der Waals surface area contributed by atoms with Gasteiger partial charge in [0.25, 0.3) is 11.8 Å². The van der Waals surface area contributed by atoms with Crippen molar-refractivity contribution >= 4 is 17.5 Å². The molecule has 1 saturated heterocycles. The van der Waals surface area contributed by atoms with E-state index in [-0.39, 0.29) is 17.9 Å². The van der Waals surface area contributed by atoms with Gasteiger partial charge in [-0.25, -0.2) is 10.0 Å². The first kappa shape index (κ1) is 16.2. The molecule has 2 amide bonds. The Bertz CT molecular complexity index is 759. The summed E-state index contributed by atoms with van der Waals surface area (Å²) in [5.41, 5.74) is 6.21. The minimum atomic E-state index is -0.798. The maximum atomic E-state index is 13.3. The van der Waals surface area contributed by atoms with Crippen LogP contribution in [0.2, 0.25) is 0 Å². The summed E-state index contributed by atoms with van der Waals surface area (Å²) in [6.07, 6.45) is 6.26. The van der Waals surface area contributed by atoms with Crippen LogP contribution in [-0.2, 0) is 4.79 Å². The molecule has 1 heterocycles. The first-order valence-electron chi connectivity index (χ1n) is 9.90. The molecule has 5 fully saturated rings. The number of nitrogens with two attached hydrogens (primary N) is 1. The summed E-state index contributed by atoms with van der Waals surface area (Å²) in [5, 5.41) is 3.52. The highest BCUT2D eigenvalue weighted by atomic mass is 16.2. The zero-order valence-electron chi connectivity index (χ0n) is 15.5. The van der Waals surface area contributed by atoms with Crippen LogP contribution < -0.4 is 5.73 Å². The van der Waals surface area contributed by atoms with Gasteiger partial charge in [0.05, 0.1) is 11.6 Å². The Hall–Kier alpha value is -2.04. The first-order valence-corrected chi connectivity index (χ1v) is 9.90. The molecule has 0 aromatic heterocycles. The lowest BCUT2D eigenvalue weighted by Gasteiger charge is -2.65. The van der Waals surface area contributed by atoms with Crippen LogP contribution in [0.3, 0.4) is 0 Å². The summed E-state index contributed by atoms with van der Waals surface area (Å²) >= 11 is 0. The fourth-order valence-electron chi connectivity index (χ4n) is 6.41. The van der Waals surface area contributed by atoms with Gasteiger partial charge in [0, 0.05) is 5.69 Å². The van der Waals surface area contributed by atoms with E-state index in [2.05, 4.69) is 0 Å². The van der Waals surface area contributed by atoms with Crippen molar-refractivity contribution in [2.45, 2.75) is 57.5 Å². The molecule has 0 atom stereocenters. The third kappa shape index (κ3) is 2.03. The number of carbonyl (C=O) groups is 2. The lowest BCUT2D eigenvalue weighted by Crippen LogP contribution is -2.80. The zero-order chi connectivity index (χ0) is 18.2. The molecule has 4 aliphatic carbocycles. The van der Waals surface area contributed by atoms with Gasteiger partial charge in [0.2, 0.25) is 0 Å². The number of benzene rings is 1. The smallest absolute Gasteiger partial charge is 0.275 e. The topological polar surface area (TPSA) is 66.6 Å². The largest absolute Gasteiger partial charge is 0.398 e. The molecule has 2 N–H and O–H groups in total. The molecule has 4 bridgehead atoms. The molecule has 1 aliphatic heterocycles. The van der Waals surface area contributed by atoms with Crippen LogP contribution in [0.4, 0.5) is 5.69 Å². The van der Waals surface area contributed by atoms with Gasteiger partial charge in [0.1, 0.15) is 5.54 Å². The van der Waals surface area contributed by atoms with E-state index in [1.165, 1.54) is 32.1 Å². The molecule has 0 unspecified atom stereocenters. The van der Waals surface area contributed by atoms with Gasteiger partial charge in [0.15, 0.2) is 0 Å². The summed E-state index contributed by atoms with van der Waals surface area (Å²) in [4.78, 5) is 26.3. The minimum Gasteiger partial charge on any atom is -0.398 e. The van der Waals surface area contributed by atoms with E-state index in [9.17, 15) is 9.59 Å². The second-order valence-corrected chi connectivity index (χ2v) is 9.33. The van der Waals surface area contributed by atoms with Crippen molar-refractivity contribution in [3.63, 3.8) is 0 Å². The van der Waals surface area contributed by atoms with Crippen LogP contribution in [0, 0.1) is 23.7 Å². The van der Waals surface area contributed by atoms with Gasteiger partial charge >= 0.3 is 0 Å². The molecule has 0 spiro atoms. The molecule has 5 heteroatoms. The highest BCUT2D eigenvalue weighted by Crippen LogP contribution is 2.57. The van der Waals surface area contributed by atoms with Crippen molar-refractivity contribution in [1.82, 2.24) is 10.0 Å². The van der Waals surface area contributed by atoms with Crippen molar-refractivity contribution in [3.05, 3.63) is 29.8 Å². The average molecular weight is 353 g/mol. The van der Waals surface area contributed by atoms with E-state index >= 15 is 0 Å². The third-order valence-corrected chi connectivity index (χ3v) is 7.32. The van der Waals surface area contributed by atoms with Crippen LogP contribution >= 0.6 is 0 Å². The Balaban J connectivity index is 1.49. The molecule has 6 rings (SSSR count). The predicted molar refractivity (Wildman–Crippen MR) is 98.8 cm³/mol. The Morgan fingerprint density at radius 2 is 1.62 bits per heavy atom. The van der Waals surface area contributed by atoms with Gasteiger partial charge in [-0.15, -0.1) is 0 Å². The number of nitrogen functional groups attached to an aromatic ring is 1. The highest BCUT2D eigenvalue weighted by molar-refractivity contribution is 6.06. The standard InChI is InChI=1S/C21H27N3O2/c1-21(2)20(26)23(24(21)19(25)16-5-3-4-6-17(16)22)18-14-8-12-7-13(10-14)11-15(18)9-12/h3-6,12-15,18H,7-11,22H2,1-2H3. The summed E-state index contributed by atoms with van der Waals surface area (Å²) < 4.78 is 0. The van der Waals surface area contributed by atoms with Gasteiger partial charge in [-0.3, -0.25) is 9.59 Å². The Labute approximate surface area is 154 Å². The number of hydrazine groups is 1. The van der Waals surface area contributed by atoms with E-state index < -0.39 is 5.54 Å². The van der Waals surface area contributed by atoms with E-state index in [0.717, 1.165) is 11.8 Å². The molecule has 5 nitrogen and oxygen atoms in total. The summed E-state index contributed by atoms with van der Waals surface area (Å²) in [5.74, 6) is 2.71.